The van der Waals surface area contributed by atoms with Gasteiger partial charge < -0.3 is 4.57 Å². The van der Waals surface area contributed by atoms with E-state index in [0.29, 0.717) is 5.69 Å². The summed E-state index contributed by atoms with van der Waals surface area (Å²) < 4.78 is 14.7. The molecule has 5 heteroatoms. The highest BCUT2D eigenvalue weighted by Crippen LogP contribution is 2.24. The largest absolute Gasteiger partial charge is 0.302 e. The van der Waals surface area contributed by atoms with Gasteiger partial charge in [-0.15, -0.1) is 0 Å². The summed E-state index contributed by atoms with van der Waals surface area (Å²) in [7, 11) is 0. The Morgan fingerprint density at radius 2 is 2.31 bits per heavy atom. The molecule has 0 saturated carbocycles. The summed E-state index contributed by atoms with van der Waals surface area (Å²) >= 11 is 0. The minimum Gasteiger partial charge on any atom is -0.302 e. The van der Waals surface area contributed by atoms with Crippen LogP contribution in [0.2, 0.25) is 0 Å². The van der Waals surface area contributed by atoms with Crippen molar-refractivity contribution >= 4 is 11.8 Å². The SMILES string of the molecule is Cc1nccn1-c1ccc(F)cc1N=C=O. The van der Waals surface area contributed by atoms with Crippen molar-refractivity contribution in [1.82, 2.24) is 9.55 Å². The third-order valence-corrected chi connectivity index (χ3v) is 2.19. The lowest BCUT2D eigenvalue weighted by molar-refractivity contribution is 0.565. The lowest BCUT2D eigenvalue weighted by Crippen LogP contribution is -1.96. The fourth-order valence-electron chi connectivity index (χ4n) is 1.47. The number of imidazole rings is 1. The first-order chi connectivity index (χ1) is 7.72. The van der Waals surface area contributed by atoms with Crippen LogP contribution in [-0.4, -0.2) is 15.6 Å². The first-order valence-electron chi connectivity index (χ1n) is 4.60. The first-order valence-corrected chi connectivity index (χ1v) is 4.60. The molecule has 0 aliphatic heterocycles. The zero-order chi connectivity index (χ0) is 11.5. The highest BCUT2D eigenvalue weighted by Gasteiger charge is 2.07. The van der Waals surface area contributed by atoms with Crippen LogP contribution in [0.5, 0.6) is 0 Å². The standard InChI is InChI=1S/C11H8FN3O/c1-8-13-4-5-15(8)11-3-2-9(12)6-10(11)14-7-16/h2-6H,1H3. The van der Waals surface area contributed by atoms with Crippen LogP contribution in [0.25, 0.3) is 5.69 Å². The number of aryl methyl sites for hydroxylation is 1. The predicted molar refractivity (Wildman–Crippen MR) is 56.0 cm³/mol. The average Bonchev–Trinajstić information content (AvgIpc) is 2.65. The van der Waals surface area contributed by atoms with Gasteiger partial charge in [0.25, 0.3) is 0 Å². The normalized spacial score (nSPS) is 9.88. The zero-order valence-electron chi connectivity index (χ0n) is 8.51. The number of hydrogen-bond donors (Lipinski definition) is 0. The Labute approximate surface area is 91.1 Å². The Hall–Kier alpha value is -2.26. The molecule has 0 spiro atoms. The number of halogens is 1. The number of hydrogen-bond acceptors (Lipinski definition) is 3. The summed E-state index contributed by atoms with van der Waals surface area (Å²) in [6, 6.07) is 4.03. The maximum atomic E-state index is 13.0. The molecule has 0 amide bonds. The Bertz CT molecular complexity index is 570. The topological polar surface area (TPSA) is 47.2 Å². The molecule has 4 nitrogen and oxygen atoms in total. The van der Waals surface area contributed by atoms with E-state index < -0.39 is 5.82 Å². The van der Waals surface area contributed by atoms with Crippen LogP contribution in [0.15, 0.2) is 35.6 Å². The van der Waals surface area contributed by atoms with Crippen LogP contribution >= 0.6 is 0 Å². The number of nitrogens with zero attached hydrogens (tertiary/aromatic N) is 3. The van der Waals surface area contributed by atoms with Gasteiger partial charge in [0.05, 0.1) is 5.69 Å². The van der Waals surface area contributed by atoms with Gasteiger partial charge in [0, 0.05) is 18.5 Å². The van der Waals surface area contributed by atoms with E-state index in [-0.39, 0.29) is 5.69 Å². The monoisotopic (exact) mass is 217 g/mol. The molecule has 1 aromatic carbocycles. The van der Waals surface area contributed by atoms with Crippen molar-refractivity contribution in [2.24, 2.45) is 4.99 Å². The predicted octanol–water partition coefficient (Wildman–Crippen LogP) is 2.29. The second kappa shape index (κ2) is 4.08. The average molecular weight is 217 g/mol. The van der Waals surface area contributed by atoms with E-state index in [4.69, 9.17) is 0 Å². The van der Waals surface area contributed by atoms with Crippen LogP contribution in [0, 0.1) is 12.7 Å². The second-order valence-corrected chi connectivity index (χ2v) is 3.18. The molecular weight excluding hydrogens is 209 g/mol. The van der Waals surface area contributed by atoms with Gasteiger partial charge in [0.15, 0.2) is 0 Å². The van der Waals surface area contributed by atoms with Crippen LogP contribution in [0.3, 0.4) is 0 Å². The molecule has 0 N–H and O–H groups in total. The van der Waals surface area contributed by atoms with Gasteiger partial charge in [-0.3, -0.25) is 0 Å². The number of aliphatic imine (C=N–C) groups is 1. The van der Waals surface area contributed by atoms with Gasteiger partial charge in [0.1, 0.15) is 17.3 Å². The maximum absolute atomic E-state index is 13.0. The van der Waals surface area contributed by atoms with Crippen molar-refractivity contribution in [1.29, 1.82) is 0 Å². The number of carbonyl (C=O) groups excluding carboxylic acids is 1. The zero-order valence-corrected chi connectivity index (χ0v) is 8.51. The van der Waals surface area contributed by atoms with Crippen molar-refractivity contribution in [3.8, 4) is 5.69 Å². The quantitative estimate of drug-likeness (QED) is 0.572. The van der Waals surface area contributed by atoms with Crippen molar-refractivity contribution < 1.29 is 9.18 Å². The molecule has 16 heavy (non-hydrogen) atoms. The van der Waals surface area contributed by atoms with Gasteiger partial charge in [-0.25, -0.2) is 14.2 Å². The van der Waals surface area contributed by atoms with Crippen LogP contribution < -0.4 is 0 Å². The summed E-state index contributed by atoms with van der Waals surface area (Å²) in [5, 5.41) is 0. The Kier molecular flexibility index (Phi) is 2.62. The third kappa shape index (κ3) is 1.76. The van der Waals surface area contributed by atoms with Crippen molar-refractivity contribution in [3.63, 3.8) is 0 Å². The molecule has 2 aromatic rings. The first kappa shape index (κ1) is 10.3. The molecule has 1 heterocycles. The fraction of sp³-hybridized carbons (Fsp3) is 0.0909. The fourth-order valence-corrected chi connectivity index (χ4v) is 1.47. The Morgan fingerprint density at radius 1 is 1.50 bits per heavy atom. The Morgan fingerprint density at radius 3 is 2.94 bits per heavy atom. The molecule has 2 rings (SSSR count). The summed E-state index contributed by atoms with van der Waals surface area (Å²) in [6.07, 6.45) is 4.74. The van der Waals surface area contributed by atoms with E-state index in [1.165, 1.54) is 18.2 Å². The van der Waals surface area contributed by atoms with Crippen molar-refractivity contribution in [2.45, 2.75) is 6.92 Å². The summed E-state index contributed by atoms with van der Waals surface area (Å²) in [5.41, 5.74) is 0.829. The number of benzene rings is 1. The number of isocyanates is 1. The lowest BCUT2D eigenvalue weighted by atomic mass is 10.2. The molecule has 0 saturated heterocycles. The molecule has 0 aliphatic carbocycles. The lowest BCUT2D eigenvalue weighted by Gasteiger charge is -2.07. The third-order valence-electron chi connectivity index (χ3n) is 2.19. The maximum Gasteiger partial charge on any atom is 0.240 e. The van der Waals surface area contributed by atoms with Gasteiger partial charge in [0.2, 0.25) is 6.08 Å². The van der Waals surface area contributed by atoms with E-state index in [9.17, 15) is 9.18 Å². The second-order valence-electron chi connectivity index (χ2n) is 3.18. The molecule has 0 fully saturated rings. The molecule has 80 valence electrons. The minimum atomic E-state index is -0.449. The van der Waals surface area contributed by atoms with E-state index in [0.717, 1.165) is 5.82 Å². The molecule has 0 bridgehead atoms. The Balaban J connectivity index is 2.65. The molecule has 0 unspecified atom stereocenters. The van der Waals surface area contributed by atoms with Crippen LogP contribution in [0.4, 0.5) is 10.1 Å². The van der Waals surface area contributed by atoms with Gasteiger partial charge >= 0.3 is 0 Å². The van der Waals surface area contributed by atoms with E-state index in [2.05, 4.69) is 9.98 Å². The molecule has 1 aromatic heterocycles. The van der Waals surface area contributed by atoms with Crippen molar-refractivity contribution in [2.75, 3.05) is 0 Å². The summed E-state index contributed by atoms with van der Waals surface area (Å²) in [6.45, 7) is 1.80. The highest BCUT2D eigenvalue weighted by molar-refractivity contribution is 5.61. The molecular formula is C11H8FN3O. The van der Waals surface area contributed by atoms with Crippen LogP contribution in [-0.2, 0) is 4.79 Å². The number of rotatable bonds is 2. The van der Waals surface area contributed by atoms with E-state index >= 15 is 0 Å². The van der Waals surface area contributed by atoms with Gasteiger partial charge in [-0.1, -0.05) is 0 Å². The minimum absolute atomic E-state index is 0.233. The molecule has 0 radical (unpaired) electrons. The molecule has 0 aliphatic rings. The van der Waals surface area contributed by atoms with Crippen LogP contribution in [0.1, 0.15) is 5.82 Å². The highest BCUT2D eigenvalue weighted by atomic mass is 19.1. The number of aromatic nitrogens is 2. The van der Waals surface area contributed by atoms with Gasteiger partial charge in [-0.05, 0) is 19.1 Å². The van der Waals surface area contributed by atoms with E-state index in [1.807, 2.05) is 0 Å². The van der Waals surface area contributed by atoms with Crippen molar-refractivity contribution in [3.05, 3.63) is 42.2 Å². The molecule has 0 atom stereocenters. The van der Waals surface area contributed by atoms with E-state index in [1.54, 1.807) is 30.0 Å². The summed E-state index contributed by atoms with van der Waals surface area (Å²) in [5.74, 6) is 0.282. The van der Waals surface area contributed by atoms with Gasteiger partial charge in [-0.2, -0.15) is 4.99 Å². The smallest absolute Gasteiger partial charge is 0.240 e. The summed E-state index contributed by atoms with van der Waals surface area (Å²) in [4.78, 5) is 17.8.